The van der Waals surface area contributed by atoms with Gasteiger partial charge < -0.3 is 14.4 Å². The number of carbonyl (C=O) groups excluding carboxylic acids is 1. The monoisotopic (exact) mass is 284 g/mol. The predicted molar refractivity (Wildman–Crippen MR) is 77.7 cm³/mol. The van der Waals surface area contributed by atoms with Crippen LogP contribution in [0.15, 0.2) is 0 Å². The Morgan fingerprint density at radius 1 is 1.15 bits per heavy atom. The molecule has 1 heterocycles. The van der Waals surface area contributed by atoms with Crippen LogP contribution in [0.3, 0.4) is 0 Å². The second-order valence-electron chi connectivity index (χ2n) is 6.83. The minimum absolute atomic E-state index is 0.0408. The molecule has 0 spiro atoms. The lowest BCUT2D eigenvalue weighted by Gasteiger charge is -2.47. The zero-order valence-electron chi connectivity index (χ0n) is 13.2. The number of hydrogen-bond donors (Lipinski definition) is 0. The highest BCUT2D eigenvalue weighted by Gasteiger charge is 2.37. The summed E-state index contributed by atoms with van der Waals surface area (Å²) in [6.45, 7) is 10.1. The molecule has 2 fully saturated rings. The van der Waals surface area contributed by atoms with Gasteiger partial charge in [0, 0.05) is 39.3 Å². The fourth-order valence-electron chi connectivity index (χ4n) is 2.98. The summed E-state index contributed by atoms with van der Waals surface area (Å²) in [5.74, 6) is 0.106. The molecule has 116 valence electrons. The highest BCUT2D eigenvalue weighted by atomic mass is 16.5. The van der Waals surface area contributed by atoms with Crippen molar-refractivity contribution in [1.82, 2.24) is 9.80 Å². The third kappa shape index (κ3) is 4.17. The number of hydrogen-bond acceptors (Lipinski definition) is 4. The lowest BCUT2D eigenvalue weighted by atomic mass is 9.87. The Labute approximate surface area is 122 Å². The minimum Gasteiger partial charge on any atom is -0.375 e. The van der Waals surface area contributed by atoms with Gasteiger partial charge in [-0.1, -0.05) is 0 Å². The zero-order chi connectivity index (χ0) is 14.8. The summed E-state index contributed by atoms with van der Waals surface area (Å²) in [7, 11) is 1.57. The third-order valence-electron chi connectivity index (χ3n) is 4.04. The molecule has 2 rings (SSSR count). The number of nitrogens with zero attached hydrogens (tertiary/aromatic N) is 2. The van der Waals surface area contributed by atoms with Crippen molar-refractivity contribution < 1.29 is 14.3 Å². The summed E-state index contributed by atoms with van der Waals surface area (Å²) in [4.78, 5) is 16.1. The van der Waals surface area contributed by atoms with Crippen LogP contribution in [0.1, 0.15) is 33.6 Å². The number of carbonyl (C=O) groups is 1. The van der Waals surface area contributed by atoms with E-state index in [1.165, 1.54) is 0 Å². The Balaban J connectivity index is 1.67. The van der Waals surface area contributed by atoms with E-state index >= 15 is 0 Å². The van der Waals surface area contributed by atoms with Crippen molar-refractivity contribution >= 4 is 5.91 Å². The van der Waals surface area contributed by atoms with Gasteiger partial charge in [0.15, 0.2) is 0 Å². The second kappa shape index (κ2) is 6.41. The maximum atomic E-state index is 11.7. The van der Waals surface area contributed by atoms with Gasteiger partial charge in [0.1, 0.15) is 6.61 Å². The molecule has 0 aromatic rings. The van der Waals surface area contributed by atoms with Crippen LogP contribution in [0.25, 0.3) is 0 Å². The van der Waals surface area contributed by atoms with Crippen molar-refractivity contribution in [3.05, 3.63) is 0 Å². The molecule has 0 N–H and O–H groups in total. The second-order valence-corrected chi connectivity index (χ2v) is 6.83. The van der Waals surface area contributed by atoms with Gasteiger partial charge in [-0.15, -0.1) is 0 Å². The Bertz CT molecular complexity index is 327. The van der Waals surface area contributed by atoms with Gasteiger partial charge in [0.05, 0.1) is 11.7 Å². The largest absolute Gasteiger partial charge is 0.375 e. The first-order valence-corrected chi connectivity index (χ1v) is 7.57. The number of rotatable bonds is 4. The molecule has 2 aliphatic rings. The molecule has 5 nitrogen and oxygen atoms in total. The Morgan fingerprint density at radius 3 is 2.25 bits per heavy atom. The van der Waals surface area contributed by atoms with Crippen LogP contribution < -0.4 is 0 Å². The molecule has 0 aromatic heterocycles. The van der Waals surface area contributed by atoms with Crippen molar-refractivity contribution in [3.8, 4) is 0 Å². The van der Waals surface area contributed by atoms with E-state index in [-0.39, 0.29) is 18.1 Å². The maximum Gasteiger partial charge on any atom is 0.248 e. The maximum absolute atomic E-state index is 11.7. The van der Waals surface area contributed by atoms with Gasteiger partial charge in [-0.2, -0.15) is 0 Å². The Kier molecular flexibility index (Phi) is 5.04. The number of amides is 1. The molecular formula is C15H28N2O3. The predicted octanol–water partition coefficient (Wildman–Crippen LogP) is 1.12. The first kappa shape index (κ1) is 15.7. The molecule has 1 saturated heterocycles. The van der Waals surface area contributed by atoms with Crippen LogP contribution in [0.2, 0.25) is 0 Å². The van der Waals surface area contributed by atoms with Crippen LogP contribution in [-0.4, -0.2) is 73.3 Å². The van der Waals surface area contributed by atoms with Crippen molar-refractivity contribution in [3.63, 3.8) is 0 Å². The fourth-order valence-corrected chi connectivity index (χ4v) is 2.98. The third-order valence-corrected chi connectivity index (χ3v) is 4.04. The molecule has 0 bridgehead atoms. The molecule has 0 radical (unpaired) electrons. The zero-order valence-corrected chi connectivity index (χ0v) is 13.2. The molecule has 1 aliphatic heterocycles. The standard InChI is InChI=1S/C15H28N2O3/c1-15(2,3)20-13-9-12(10-13)16-5-7-17(8-6-16)14(18)11-19-4/h12-13H,5-11H2,1-4H3. The minimum atomic E-state index is -0.0408. The first-order chi connectivity index (χ1) is 9.39. The molecule has 20 heavy (non-hydrogen) atoms. The summed E-state index contributed by atoms with van der Waals surface area (Å²) in [6.07, 6.45) is 2.67. The average Bonchev–Trinajstić information content (AvgIpc) is 2.33. The van der Waals surface area contributed by atoms with Gasteiger partial charge >= 0.3 is 0 Å². The molecular weight excluding hydrogens is 256 g/mol. The van der Waals surface area contributed by atoms with E-state index < -0.39 is 0 Å². The molecule has 1 saturated carbocycles. The molecule has 1 aliphatic carbocycles. The quantitative estimate of drug-likeness (QED) is 0.776. The summed E-state index contributed by atoms with van der Waals surface area (Å²) in [5.41, 5.74) is -0.0408. The van der Waals surface area contributed by atoms with Crippen molar-refractivity contribution in [2.45, 2.75) is 51.4 Å². The van der Waals surface area contributed by atoms with Gasteiger partial charge in [-0.05, 0) is 33.6 Å². The van der Waals surface area contributed by atoms with Gasteiger partial charge in [-0.25, -0.2) is 0 Å². The van der Waals surface area contributed by atoms with Crippen LogP contribution >= 0.6 is 0 Å². The van der Waals surface area contributed by atoms with Crippen LogP contribution in [0, 0.1) is 0 Å². The fraction of sp³-hybridized carbons (Fsp3) is 0.933. The van der Waals surface area contributed by atoms with Crippen LogP contribution in [0.5, 0.6) is 0 Å². The van der Waals surface area contributed by atoms with E-state index in [1.54, 1.807) is 7.11 Å². The highest BCUT2D eigenvalue weighted by molar-refractivity contribution is 5.77. The van der Waals surface area contributed by atoms with E-state index in [0.717, 1.165) is 39.0 Å². The smallest absolute Gasteiger partial charge is 0.248 e. The average molecular weight is 284 g/mol. The van der Waals surface area contributed by atoms with Crippen molar-refractivity contribution in [1.29, 1.82) is 0 Å². The summed E-state index contributed by atoms with van der Waals surface area (Å²) in [6, 6.07) is 0.641. The summed E-state index contributed by atoms with van der Waals surface area (Å²) < 4.78 is 10.9. The van der Waals surface area contributed by atoms with Crippen molar-refractivity contribution in [2.75, 3.05) is 39.9 Å². The molecule has 0 unspecified atom stereocenters. The Morgan fingerprint density at radius 2 is 1.75 bits per heavy atom. The summed E-state index contributed by atoms with van der Waals surface area (Å²) >= 11 is 0. The van der Waals surface area contributed by atoms with Gasteiger partial charge in [0.25, 0.3) is 0 Å². The highest BCUT2D eigenvalue weighted by Crippen LogP contribution is 2.31. The molecule has 1 amide bonds. The van der Waals surface area contributed by atoms with E-state index in [2.05, 4.69) is 25.7 Å². The molecule has 0 aromatic carbocycles. The van der Waals surface area contributed by atoms with Crippen molar-refractivity contribution in [2.24, 2.45) is 0 Å². The summed E-state index contributed by atoms with van der Waals surface area (Å²) in [5, 5.41) is 0. The van der Waals surface area contributed by atoms with E-state index in [4.69, 9.17) is 9.47 Å². The van der Waals surface area contributed by atoms with Gasteiger partial charge in [0.2, 0.25) is 5.91 Å². The number of ether oxygens (including phenoxy) is 2. The van der Waals surface area contributed by atoms with E-state index in [0.29, 0.717) is 12.1 Å². The first-order valence-electron chi connectivity index (χ1n) is 7.57. The lowest BCUT2D eigenvalue weighted by Crippen LogP contribution is -2.57. The van der Waals surface area contributed by atoms with E-state index in [9.17, 15) is 4.79 Å². The number of piperazine rings is 1. The lowest BCUT2D eigenvalue weighted by molar-refractivity contribution is -0.141. The molecule has 0 atom stereocenters. The normalized spacial score (nSPS) is 28.3. The Hall–Kier alpha value is -0.650. The SMILES string of the molecule is COCC(=O)N1CCN(C2CC(OC(C)(C)C)C2)CC1. The number of methoxy groups -OCH3 is 1. The van der Waals surface area contributed by atoms with Gasteiger partial charge in [-0.3, -0.25) is 9.69 Å². The van der Waals surface area contributed by atoms with E-state index in [1.807, 2.05) is 4.90 Å². The molecule has 5 heteroatoms. The van der Waals surface area contributed by atoms with Crippen LogP contribution in [0.4, 0.5) is 0 Å². The topological polar surface area (TPSA) is 42.0 Å². The van der Waals surface area contributed by atoms with Crippen LogP contribution in [-0.2, 0) is 14.3 Å².